The van der Waals surface area contributed by atoms with E-state index in [4.69, 9.17) is 9.73 Å². The number of benzene rings is 3. The molecule has 0 bridgehead atoms. The fraction of sp³-hybridized carbons (Fsp3) is 0.303. The molecule has 5 rings (SSSR count). The Morgan fingerprint density at radius 3 is 2.38 bits per heavy atom. The first kappa shape index (κ1) is 33.7. The van der Waals surface area contributed by atoms with Gasteiger partial charge in [0.1, 0.15) is 23.6 Å². The fourth-order valence-electron chi connectivity index (χ4n) is 5.00. The fourth-order valence-corrected chi connectivity index (χ4v) is 5.79. The third-order valence-electron chi connectivity index (χ3n) is 7.43. The number of carbonyl (C=O) groups excluding carboxylic acids is 1. The lowest BCUT2D eigenvalue weighted by Gasteiger charge is -2.21. The topological polar surface area (TPSA) is 115 Å². The Kier molecular flexibility index (Phi) is 10.9. The number of aromatic nitrogens is 3. The Bertz CT molecular complexity index is 1710. The summed E-state index contributed by atoms with van der Waals surface area (Å²) in [4.78, 5) is 22.1. The van der Waals surface area contributed by atoms with E-state index in [1.54, 1.807) is 13.3 Å². The molecule has 1 aliphatic rings. The van der Waals surface area contributed by atoms with Crippen molar-refractivity contribution in [3.63, 3.8) is 0 Å². The molecule has 0 radical (unpaired) electrons. The number of rotatable bonds is 10. The number of hydrogen-bond acceptors (Lipinski definition) is 9. The molecule has 10 nitrogen and oxygen atoms in total. The quantitative estimate of drug-likeness (QED) is 0.114. The SMILES string of the molecule is COc1cc(C)c(/N=C(/N/N=C/c2ccc(-c3ncn(-c4ccc(OC(F)(F)F)cc4)n3)cc2)SCC(=O)C2CCNCC2)c(C)c1. The highest BCUT2D eigenvalue weighted by Crippen LogP contribution is 2.30. The van der Waals surface area contributed by atoms with E-state index >= 15 is 0 Å². The van der Waals surface area contributed by atoms with Crippen molar-refractivity contribution >= 4 is 34.6 Å². The molecule has 0 atom stereocenters. The van der Waals surface area contributed by atoms with Crippen LogP contribution in [0.15, 0.2) is 77.1 Å². The summed E-state index contributed by atoms with van der Waals surface area (Å²) < 4.78 is 48.1. The summed E-state index contributed by atoms with van der Waals surface area (Å²) in [6.45, 7) is 5.62. The summed E-state index contributed by atoms with van der Waals surface area (Å²) in [6.07, 6.45) is 0.0569. The van der Waals surface area contributed by atoms with Crippen molar-refractivity contribution in [1.29, 1.82) is 0 Å². The predicted octanol–water partition coefficient (Wildman–Crippen LogP) is 6.37. The lowest BCUT2D eigenvalue weighted by molar-refractivity contribution is -0.274. The van der Waals surface area contributed by atoms with E-state index < -0.39 is 6.36 Å². The zero-order chi connectivity index (χ0) is 33.4. The van der Waals surface area contributed by atoms with Gasteiger partial charge in [0.05, 0.1) is 30.5 Å². The van der Waals surface area contributed by atoms with Crippen LogP contribution in [0.2, 0.25) is 0 Å². The van der Waals surface area contributed by atoms with Gasteiger partial charge in [-0.1, -0.05) is 36.0 Å². The van der Waals surface area contributed by atoms with Crippen LogP contribution < -0.4 is 20.2 Å². The van der Waals surface area contributed by atoms with E-state index in [0.717, 1.165) is 59.6 Å². The number of ketones is 1. The highest BCUT2D eigenvalue weighted by Gasteiger charge is 2.31. The van der Waals surface area contributed by atoms with Crippen LogP contribution in [0.25, 0.3) is 17.1 Å². The van der Waals surface area contributed by atoms with E-state index in [-0.39, 0.29) is 17.5 Å². The van der Waals surface area contributed by atoms with Crippen LogP contribution in [-0.2, 0) is 4.79 Å². The van der Waals surface area contributed by atoms with Crippen molar-refractivity contribution in [2.24, 2.45) is 16.0 Å². The number of ether oxygens (including phenoxy) is 2. The molecule has 2 N–H and O–H groups in total. The molecule has 0 amide bonds. The third kappa shape index (κ3) is 9.42. The van der Waals surface area contributed by atoms with Crippen molar-refractivity contribution < 1.29 is 27.4 Å². The molecular weight excluding hydrogens is 631 g/mol. The van der Waals surface area contributed by atoms with E-state index in [1.165, 1.54) is 47.0 Å². The Balaban J connectivity index is 1.26. The highest BCUT2D eigenvalue weighted by atomic mass is 32.2. The van der Waals surface area contributed by atoms with E-state index in [9.17, 15) is 18.0 Å². The van der Waals surface area contributed by atoms with Crippen LogP contribution in [0.3, 0.4) is 0 Å². The van der Waals surface area contributed by atoms with Gasteiger partial charge in [0.25, 0.3) is 0 Å². The van der Waals surface area contributed by atoms with E-state index in [0.29, 0.717) is 22.4 Å². The standard InChI is InChI=1S/C33H34F3N7O3S/c1-21-16-28(45-3)17-22(2)30(21)40-32(47-19-29(44)24-12-14-37-15-13-24)41-39-18-23-4-6-25(7-5-23)31-38-20-43(42-31)26-8-10-27(11-9-26)46-33(34,35)36/h4-11,16-18,20,24,37H,12-15,19H2,1-3H3,(H,40,41)/b39-18+. The monoisotopic (exact) mass is 665 g/mol. The molecule has 1 aromatic heterocycles. The summed E-state index contributed by atoms with van der Waals surface area (Å²) in [7, 11) is 1.62. The van der Waals surface area contributed by atoms with Gasteiger partial charge in [-0.15, -0.1) is 18.3 Å². The summed E-state index contributed by atoms with van der Waals surface area (Å²) in [5.74, 6) is 1.42. The van der Waals surface area contributed by atoms with Crippen molar-refractivity contribution in [2.45, 2.75) is 33.1 Å². The Labute approximate surface area is 274 Å². The first-order valence-corrected chi connectivity index (χ1v) is 15.8. The lowest BCUT2D eigenvalue weighted by atomic mass is 9.94. The second-order valence-corrected chi connectivity index (χ2v) is 11.8. The first-order valence-electron chi connectivity index (χ1n) is 14.9. The maximum atomic E-state index is 12.9. The Morgan fingerprint density at radius 2 is 1.74 bits per heavy atom. The van der Waals surface area contributed by atoms with E-state index in [1.807, 2.05) is 50.2 Å². The van der Waals surface area contributed by atoms with Gasteiger partial charge in [-0.25, -0.2) is 14.7 Å². The number of aryl methyl sites for hydroxylation is 2. The number of nitrogens with one attached hydrogen (secondary N) is 2. The van der Waals surface area contributed by atoms with Gasteiger partial charge in [0.2, 0.25) is 0 Å². The number of carbonyl (C=O) groups is 1. The number of thioether (sulfide) groups is 1. The average molecular weight is 666 g/mol. The molecule has 4 aromatic rings. The van der Waals surface area contributed by atoms with Gasteiger partial charge < -0.3 is 14.8 Å². The Morgan fingerprint density at radius 1 is 1.06 bits per heavy atom. The van der Waals surface area contributed by atoms with Crippen LogP contribution in [0, 0.1) is 19.8 Å². The number of nitrogens with zero attached hydrogens (tertiary/aromatic N) is 5. The molecule has 14 heteroatoms. The number of alkyl halides is 3. The van der Waals surface area contributed by atoms with Gasteiger partial charge in [-0.3, -0.25) is 10.2 Å². The van der Waals surface area contributed by atoms with Crippen LogP contribution in [0.1, 0.15) is 29.5 Å². The molecule has 1 saturated heterocycles. The number of hydrazone groups is 1. The second kappa shape index (κ2) is 15.3. The minimum atomic E-state index is -4.76. The number of halogens is 3. The third-order valence-corrected chi connectivity index (χ3v) is 8.31. The van der Waals surface area contributed by atoms with Crippen molar-refractivity contribution in [3.05, 3.63) is 83.7 Å². The molecule has 3 aromatic carbocycles. The zero-order valence-corrected chi connectivity index (χ0v) is 26.9. The number of piperidine rings is 1. The molecule has 0 aliphatic carbocycles. The summed E-state index contributed by atoms with van der Waals surface area (Å²) in [5.41, 5.74) is 7.76. The smallest absolute Gasteiger partial charge is 0.497 e. The number of hydrogen-bond donors (Lipinski definition) is 2. The Hall–Kier alpha value is -4.69. The largest absolute Gasteiger partial charge is 0.573 e. The molecule has 1 aliphatic heterocycles. The van der Waals surface area contributed by atoms with E-state index in [2.05, 4.69) is 30.7 Å². The number of methoxy groups -OCH3 is 1. The molecule has 246 valence electrons. The molecule has 0 unspecified atom stereocenters. The molecule has 0 saturated carbocycles. The lowest BCUT2D eigenvalue weighted by Crippen LogP contribution is -2.33. The van der Waals surface area contributed by atoms with Gasteiger partial charge in [0, 0.05) is 11.5 Å². The van der Waals surface area contributed by atoms with Gasteiger partial charge in [0.15, 0.2) is 11.0 Å². The maximum absolute atomic E-state index is 12.9. The summed E-state index contributed by atoms with van der Waals surface area (Å²) in [6, 6.07) is 16.6. The molecular formula is C33H34F3N7O3S. The van der Waals surface area contributed by atoms with Crippen LogP contribution in [-0.4, -0.2) is 64.2 Å². The number of amidine groups is 1. The second-order valence-electron chi connectivity index (χ2n) is 10.9. The summed E-state index contributed by atoms with van der Waals surface area (Å²) >= 11 is 1.33. The molecule has 47 heavy (non-hydrogen) atoms. The highest BCUT2D eigenvalue weighted by molar-refractivity contribution is 8.14. The molecule has 1 fully saturated rings. The van der Waals surface area contributed by atoms with Crippen molar-refractivity contribution in [3.8, 4) is 28.6 Å². The van der Waals surface area contributed by atoms with Crippen LogP contribution in [0.4, 0.5) is 18.9 Å². The van der Waals surface area contributed by atoms with Crippen molar-refractivity contribution in [1.82, 2.24) is 25.5 Å². The zero-order valence-electron chi connectivity index (χ0n) is 26.0. The maximum Gasteiger partial charge on any atom is 0.573 e. The normalized spacial score (nSPS) is 14.4. The van der Waals surface area contributed by atoms with Crippen LogP contribution >= 0.6 is 11.8 Å². The number of Topliss-reactive ketones (excluding diaryl/α,β-unsaturated/α-hetero) is 1. The molecule has 0 spiro atoms. The number of aliphatic imine (C=N–C) groups is 1. The average Bonchev–Trinajstić information content (AvgIpc) is 3.55. The van der Waals surface area contributed by atoms with Gasteiger partial charge in [-0.05, 0) is 92.9 Å². The molecule has 2 heterocycles. The predicted molar refractivity (Wildman–Crippen MR) is 177 cm³/mol. The van der Waals surface area contributed by atoms with Crippen LogP contribution in [0.5, 0.6) is 11.5 Å². The van der Waals surface area contributed by atoms with Crippen molar-refractivity contribution in [2.75, 3.05) is 26.0 Å². The minimum absolute atomic E-state index is 0.0516. The minimum Gasteiger partial charge on any atom is -0.497 e. The first-order chi connectivity index (χ1) is 22.6. The van der Waals surface area contributed by atoms with Gasteiger partial charge >= 0.3 is 6.36 Å². The summed E-state index contributed by atoms with van der Waals surface area (Å²) in [5, 5.41) is 12.6. The van der Waals surface area contributed by atoms with Gasteiger partial charge in [-0.2, -0.15) is 5.10 Å².